The second-order valence-electron chi connectivity index (χ2n) is 3.42. The number of hydrogen-bond donors (Lipinski definition) is 0. The normalized spacial score (nSPS) is 10.5. The van der Waals surface area contributed by atoms with E-state index in [9.17, 15) is 4.79 Å². The summed E-state index contributed by atoms with van der Waals surface area (Å²) in [6, 6.07) is 9.52. The lowest BCUT2D eigenvalue weighted by atomic mass is 10.1. The van der Waals surface area contributed by atoms with Gasteiger partial charge in [0.05, 0.1) is 10.8 Å². The molecule has 2 aromatic rings. The number of rotatable bonds is 2. The Morgan fingerprint density at radius 1 is 1.33 bits per heavy atom. The molecule has 2 nitrogen and oxygen atoms in total. The molecule has 0 atom stereocenters. The minimum Gasteiger partial charge on any atom is -0.293 e. The topological polar surface area (TPSA) is 30.0 Å². The second-order valence-corrected chi connectivity index (χ2v) is 3.98. The van der Waals surface area contributed by atoms with Gasteiger partial charge in [-0.05, 0) is 31.2 Å². The number of halogens is 1. The molecule has 0 radical (unpaired) electrons. The van der Waals surface area contributed by atoms with E-state index in [4.69, 9.17) is 0 Å². The molecule has 1 heterocycles. The van der Waals surface area contributed by atoms with Gasteiger partial charge in [0, 0.05) is 16.6 Å². The summed E-state index contributed by atoms with van der Waals surface area (Å²) >= 11 is 3.16. The molecule has 2 rings (SSSR count). The molecule has 0 aliphatic rings. The van der Waals surface area contributed by atoms with Crippen LogP contribution in [0.2, 0.25) is 0 Å². The third-order valence-electron chi connectivity index (χ3n) is 2.27. The molecule has 0 unspecified atom stereocenters. The van der Waals surface area contributed by atoms with Crippen molar-refractivity contribution in [3.8, 4) is 0 Å². The highest BCUT2D eigenvalue weighted by atomic mass is 79.9. The zero-order valence-electron chi connectivity index (χ0n) is 8.33. The summed E-state index contributed by atoms with van der Waals surface area (Å²) in [7, 11) is 0. The molecule has 1 aromatic heterocycles. The number of pyridine rings is 1. The number of benzene rings is 1. The van der Waals surface area contributed by atoms with Gasteiger partial charge in [0.25, 0.3) is 0 Å². The zero-order chi connectivity index (χ0) is 10.8. The molecule has 0 fully saturated rings. The largest absolute Gasteiger partial charge is 0.293 e. The maximum atomic E-state index is 11.5. The third kappa shape index (κ3) is 2.07. The fourth-order valence-electron chi connectivity index (χ4n) is 1.48. The summed E-state index contributed by atoms with van der Waals surface area (Å²) in [6.07, 6.45) is 0. The van der Waals surface area contributed by atoms with Crippen LogP contribution < -0.4 is 0 Å². The van der Waals surface area contributed by atoms with Crippen molar-refractivity contribution in [3.05, 3.63) is 41.6 Å². The Balaban J connectivity index is 2.57. The lowest BCUT2D eigenvalue weighted by Gasteiger charge is -2.01. The highest BCUT2D eigenvalue weighted by Gasteiger charge is 2.04. The van der Waals surface area contributed by atoms with Crippen LogP contribution in [-0.2, 0) is 0 Å². The summed E-state index contributed by atoms with van der Waals surface area (Å²) in [5.74, 6) is 0.0949. The lowest BCUT2D eigenvalue weighted by molar-refractivity contribution is 0.102. The van der Waals surface area contributed by atoms with E-state index in [1.54, 1.807) is 0 Å². The van der Waals surface area contributed by atoms with Crippen LogP contribution in [0.5, 0.6) is 0 Å². The number of fused-ring (bicyclic) bond motifs is 1. The molecule has 0 N–H and O–H groups in total. The number of aromatic nitrogens is 1. The van der Waals surface area contributed by atoms with E-state index in [1.165, 1.54) is 0 Å². The molecule has 0 bridgehead atoms. The van der Waals surface area contributed by atoms with Gasteiger partial charge in [0.15, 0.2) is 5.78 Å². The molecule has 0 amide bonds. The van der Waals surface area contributed by atoms with Crippen LogP contribution in [0.1, 0.15) is 16.1 Å². The smallest absolute Gasteiger partial charge is 0.173 e. The van der Waals surface area contributed by atoms with E-state index in [1.807, 2.05) is 37.3 Å². The summed E-state index contributed by atoms with van der Waals surface area (Å²) in [5.41, 5.74) is 2.65. The van der Waals surface area contributed by atoms with E-state index < -0.39 is 0 Å². The van der Waals surface area contributed by atoms with Crippen LogP contribution in [0, 0.1) is 6.92 Å². The fraction of sp³-hybridized carbons (Fsp3) is 0.167. The molecular formula is C12H10BrNO. The average molecular weight is 264 g/mol. The van der Waals surface area contributed by atoms with Gasteiger partial charge >= 0.3 is 0 Å². The summed E-state index contributed by atoms with van der Waals surface area (Å²) in [5, 5.41) is 1.37. The minimum atomic E-state index is 0.0949. The Kier molecular flexibility index (Phi) is 2.82. The summed E-state index contributed by atoms with van der Waals surface area (Å²) in [4.78, 5) is 15.8. The molecule has 0 aliphatic heterocycles. The number of nitrogens with zero attached hydrogens (tertiary/aromatic N) is 1. The standard InChI is InChI=1S/C12H10BrNO/c1-8-2-3-9-6-10(12(15)7-13)4-5-11(9)14-8/h2-6H,7H2,1H3. The van der Waals surface area contributed by atoms with Crippen molar-refractivity contribution < 1.29 is 4.79 Å². The van der Waals surface area contributed by atoms with E-state index >= 15 is 0 Å². The van der Waals surface area contributed by atoms with Crippen molar-refractivity contribution in [3.63, 3.8) is 0 Å². The van der Waals surface area contributed by atoms with E-state index in [2.05, 4.69) is 20.9 Å². The quantitative estimate of drug-likeness (QED) is 0.616. The highest BCUT2D eigenvalue weighted by Crippen LogP contribution is 2.15. The molecular weight excluding hydrogens is 254 g/mol. The van der Waals surface area contributed by atoms with Gasteiger partial charge in [-0.15, -0.1) is 0 Å². The molecule has 0 aliphatic carbocycles. The van der Waals surface area contributed by atoms with Gasteiger partial charge < -0.3 is 0 Å². The van der Waals surface area contributed by atoms with Gasteiger partial charge in [-0.25, -0.2) is 0 Å². The van der Waals surface area contributed by atoms with Crippen molar-refractivity contribution in [2.45, 2.75) is 6.92 Å². The number of aryl methyl sites for hydroxylation is 1. The monoisotopic (exact) mass is 263 g/mol. The zero-order valence-corrected chi connectivity index (χ0v) is 9.91. The number of ketones is 1. The SMILES string of the molecule is Cc1ccc2cc(C(=O)CBr)ccc2n1. The van der Waals surface area contributed by atoms with Crippen molar-refractivity contribution in [2.75, 3.05) is 5.33 Å². The van der Waals surface area contributed by atoms with Crippen LogP contribution in [0.4, 0.5) is 0 Å². The van der Waals surface area contributed by atoms with Crippen LogP contribution in [-0.4, -0.2) is 16.1 Å². The van der Waals surface area contributed by atoms with Crippen molar-refractivity contribution in [1.82, 2.24) is 4.98 Å². The van der Waals surface area contributed by atoms with Crippen molar-refractivity contribution in [1.29, 1.82) is 0 Å². The molecule has 1 aromatic carbocycles. The molecule has 76 valence electrons. The van der Waals surface area contributed by atoms with Crippen molar-refractivity contribution >= 4 is 32.6 Å². The Labute approximate surface area is 96.5 Å². The predicted molar refractivity (Wildman–Crippen MR) is 64.6 cm³/mol. The van der Waals surface area contributed by atoms with Gasteiger partial charge in [-0.1, -0.05) is 22.0 Å². The van der Waals surface area contributed by atoms with Gasteiger partial charge in [-0.2, -0.15) is 0 Å². The molecule has 0 spiro atoms. The maximum Gasteiger partial charge on any atom is 0.173 e. The fourth-order valence-corrected chi connectivity index (χ4v) is 1.80. The highest BCUT2D eigenvalue weighted by molar-refractivity contribution is 9.09. The Morgan fingerprint density at radius 2 is 2.13 bits per heavy atom. The van der Waals surface area contributed by atoms with Crippen LogP contribution >= 0.6 is 15.9 Å². The Bertz CT molecular complexity index is 522. The van der Waals surface area contributed by atoms with E-state index in [-0.39, 0.29) is 5.78 Å². The lowest BCUT2D eigenvalue weighted by Crippen LogP contribution is -1.99. The van der Waals surface area contributed by atoms with Crippen molar-refractivity contribution in [2.24, 2.45) is 0 Å². The van der Waals surface area contributed by atoms with Crippen LogP contribution in [0.15, 0.2) is 30.3 Å². The minimum absolute atomic E-state index is 0.0949. The Morgan fingerprint density at radius 3 is 2.87 bits per heavy atom. The van der Waals surface area contributed by atoms with E-state index in [0.717, 1.165) is 22.2 Å². The van der Waals surface area contributed by atoms with E-state index in [0.29, 0.717) is 5.33 Å². The number of carbonyl (C=O) groups excluding carboxylic acids is 1. The van der Waals surface area contributed by atoms with Gasteiger partial charge in [0.2, 0.25) is 0 Å². The molecule has 15 heavy (non-hydrogen) atoms. The molecule has 0 saturated carbocycles. The average Bonchev–Trinajstić information content (AvgIpc) is 2.27. The first-order chi connectivity index (χ1) is 7.20. The Hall–Kier alpha value is -1.22. The first-order valence-electron chi connectivity index (χ1n) is 4.67. The van der Waals surface area contributed by atoms with Crippen LogP contribution in [0.3, 0.4) is 0 Å². The summed E-state index contributed by atoms with van der Waals surface area (Å²) in [6.45, 7) is 1.96. The van der Waals surface area contributed by atoms with Gasteiger partial charge in [-0.3, -0.25) is 9.78 Å². The number of alkyl halides is 1. The third-order valence-corrected chi connectivity index (χ3v) is 2.78. The number of hydrogen-bond acceptors (Lipinski definition) is 2. The first-order valence-corrected chi connectivity index (χ1v) is 5.79. The molecule has 0 saturated heterocycles. The van der Waals surface area contributed by atoms with Crippen LogP contribution in [0.25, 0.3) is 10.9 Å². The van der Waals surface area contributed by atoms with Gasteiger partial charge in [0.1, 0.15) is 0 Å². The first kappa shape index (κ1) is 10.3. The maximum absolute atomic E-state index is 11.5. The number of carbonyl (C=O) groups is 1. The number of Topliss-reactive ketones (excluding diaryl/α,β-unsaturated/α-hetero) is 1. The summed E-state index contributed by atoms with van der Waals surface area (Å²) < 4.78 is 0. The second kappa shape index (κ2) is 4.11. The molecule has 3 heteroatoms. The predicted octanol–water partition coefficient (Wildman–Crippen LogP) is 3.12.